The molecule has 26 heavy (non-hydrogen) atoms. The molecule has 1 unspecified atom stereocenters. The predicted molar refractivity (Wildman–Crippen MR) is 100 cm³/mol. The molecule has 1 aliphatic heterocycles. The second kappa shape index (κ2) is 6.40. The summed E-state index contributed by atoms with van der Waals surface area (Å²) in [5.41, 5.74) is -0.0506. The SMILES string of the molecule is O=C(N1CCCC(Oc2ccncc2Cl)C1)C12CC3CC(CC(C3)C1)C2. The molecule has 5 aliphatic rings. The Bertz CT molecular complexity index is 672. The molecule has 0 spiro atoms. The molecular formula is C21H27ClN2O2. The predicted octanol–water partition coefficient (Wildman–Crippen LogP) is 4.32. The van der Waals surface area contributed by atoms with Crippen LogP contribution in [0.25, 0.3) is 0 Å². The van der Waals surface area contributed by atoms with Gasteiger partial charge in [-0.25, -0.2) is 0 Å². The summed E-state index contributed by atoms with van der Waals surface area (Å²) < 4.78 is 6.12. The maximum Gasteiger partial charge on any atom is 0.228 e. The number of carbonyl (C=O) groups excluding carboxylic acids is 1. The molecule has 1 amide bonds. The number of rotatable bonds is 3. The van der Waals surface area contributed by atoms with Crippen LogP contribution >= 0.6 is 11.6 Å². The Morgan fingerprint density at radius 2 is 1.88 bits per heavy atom. The first-order valence-electron chi connectivity index (χ1n) is 10.2. The first-order valence-corrected chi connectivity index (χ1v) is 10.5. The average molecular weight is 375 g/mol. The fourth-order valence-electron chi connectivity index (χ4n) is 6.56. The lowest BCUT2D eigenvalue weighted by atomic mass is 9.49. The Morgan fingerprint density at radius 1 is 1.19 bits per heavy atom. The van der Waals surface area contributed by atoms with Crippen molar-refractivity contribution in [3.63, 3.8) is 0 Å². The lowest BCUT2D eigenvalue weighted by molar-refractivity contribution is -0.160. The molecule has 1 aromatic heterocycles. The van der Waals surface area contributed by atoms with E-state index in [0.717, 1.165) is 56.4 Å². The lowest BCUT2D eigenvalue weighted by Gasteiger charge is -2.57. The van der Waals surface area contributed by atoms with Gasteiger partial charge >= 0.3 is 0 Å². The van der Waals surface area contributed by atoms with Gasteiger partial charge in [-0.2, -0.15) is 0 Å². The van der Waals surface area contributed by atoms with E-state index in [1.165, 1.54) is 19.3 Å². The van der Waals surface area contributed by atoms with Crippen LogP contribution in [0.15, 0.2) is 18.5 Å². The third-order valence-corrected chi connectivity index (χ3v) is 7.47. The van der Waals surface area contributed by atoms with E-state index in [1.807, 2.05) is 6.07 Å². The van der Waals surface area contributed by atoms with E-state index in [1.54, 1.807) is 12.4 Å². The van der Waals surface area contributed by atoms with Gasteiger partial charge in [0.1, 0.15) is 16.9 Å². The Morgan fingerprint density at radius 3 is 2.54 bits per heavy atom. The highest BCUT2D eigenvalue weighted by atomic mass is 35.5. The topological polar surface area (TPSA) is 42.4 Å². The van der Waals surface area contributed by atoms with E-state index in [0.29, 0.717) is 23.2 Å². The number of hydrogen-bond acceptors (Lipinski definition) is 3. The van der Waals surface area contributed by atoms with Gasteiger partial charge in [-0.15, -0.1) is 0 Å². The number of carbonyl (C=O) groups is 1. The van der Waals surface area contributed by atoms with Crippen molar-refractivity contribution < 1.29 is 9.53 Å². The van der Waals surface area contributed by atoms with Crippen LogP contribution in [0.1, 0.15) is 51.4 Å². The summed E-state index contributed by atoms with van der Waals surface area (Å²) in [5.74, 6) is 3.51. The quantitative estimate of drug-likeness (QED) is 0.791. The number of hydrogen-bond donors (Lipinski definition) is 0. The smallest absolute Gasteiger partial charge is 0.228 e. The highest BCUT2D eigenvalue weighted by Crippen LogP contribution is 2.60. The van der Waals surface area contributed by atoms with Crippen molar-refractivity contribution in [3.8, 4) is 5.75 Å². The number of halogens is 1. The first kappa shape index (κ1) is 16.9. The standard InChI is InChI=1S/C21H27ClN2O2/c22-18-12-23-4-3-19(18)26-17-2-1-5-24(13-17)20(25)21-9-14-6-15(10-21)8-16(7-14)11-21/h3-4,12,14-17H,1-2,5-11,13H2. The molecule has 2 heterocycles. The number of nitrogens with zero attached hydrogens (tertiary/aromatic N) is 2. The van der Waals surface area contributed by atoms with Gasteiger partial charge in [0.2, 0.25) is 5.91 Å². The van der Waals surface area contributed by atoms with Crippen molar-refractivity contribution in [1.29, 1.82) is 0 Å². The summed E-state index contributed by atoms with van der Waals surface area (Å²) in [6.07, 6.45) is 12.8. The number of likely N-dealkylation sites (tertiary alicyclic amines) is 1. The number of ether oxygens (including phenoxy) is 1. The Kier molecular flexibility index (Phi) is 4.15. The van der Waals surface area contributed by atoms with E-state index < -0.39 is 0 Å². The van der Waals surface area contributed by atoms with Crippen molar-refractivity contribution in [3.05, 3.63) is 23.5 Å². The zero-order valence-electron chi connectivity index (χ0n) is 15.2. The lowest BCUT2D eigenvalue weighted by Crippen LogP contribution is -2.57. The van der Waals surface area contributed by atoms with E-state index in [-0.39, 0.29) is 11.5 Å². The molecule has 4 saturated carbocycles. The molecule has 0 N–H and O–H groups in total. The molecule has 4 aliphatic carbocycles. The molecule has 1 aromatic rings. The minimum atomic E-state index is -0.0506. The molecule has 1 saturated heterocycles. The fraction of sp³-hybridized carbons (Fsp3) is 0.714. The molecule has 140 valence electrons. The third-order valence-electron chi connectivity index (χ3n) is 7.19. The maximum atomic E-state index is 13.6. The number of pyridine rings is 1. The normalized spacial score (nSPS) is 38.4. The first-order chi connectivity index (χ1) is 12.6. The summed E-state index contributed by atoms with van der Waals surface area (Å²) in [4.78, 5) is 19.7. The summed E-state index contributed by atoms with van der Waals surface area (Å²) in [5, 5.41) is 0.539. The Hall–Kier alpha value is -1.29. The van der Waals surface area contributed by atoms with Gasteiger partial charge in [0.05, 0.1) is 12.0 Å². The molecule has 4 nitrogen and oxygen atoms in total. The third kappa shape index (κ3) is 2.90. The number of amides is 1. The summed E-state index contributed by atoms with van der Waals surface area (Å²) in [6.45, 7) is 1.57. The maximum absolute atomic E-state index is 13.6. The summed E-state index contributed by atoms with van der Waals surface area (Å²) in [6, 6.07) is 1.81. The van der Waals surface area contributed by atoms with Crippen LogP contribution in [0.5, 0.6) is 5.75 Å². The highest BCUT2D eigenvalue weighted by molar-refractivity contribution is 6.31. The molecule has 5 fully saturated rings. The Labute approximate surface area is 160 Å². The molecule has 0 radical (unpaired) electrons. The van der Waals surface area contributed by atoms with Crippen molar-refractivity contribution in [2.24, 2.45) is 23.2 Å². The minimum Gasteiger partial charge on any atom is -0.487 e. The summed E-state index contributed by atoms with van der Waals surface area (Å²) >= 11 is 6.19. The Balaban J connectivity index is 1.29. The van der Waals surface area contributed by atoms with Crippen LogP contribution in [-0.2, 0) is 4.79 Å². The van der Waals surface area contributed by atoms with Crippen LogP contribution in [0, 0.1) is 23.2 Å². The van der Waals surface area contributed by atoms with E-state index >= 15 is 0 Å². The van der Waals surface area contributed by atoms with Crippen LogP contribution < -0.4 is 4.74 Å². The van der Waals surface area contributed by atoms with Gasteiger partial charge in [-0.05, 0) is 69.1 Å². The van der Waals surface area contributed by atoms with Gasteiger partial charge in [-0.1, -0.05) is 11.6 Å². The molecule has 5 heteroatoms. The number of aromatic nitrogens is 1. The van der Waals surface area contributed by atoms with Crippen LogP contribution in [0.4, 0.5) is 0 Å². The van der Waals surface area contributed by atoms with Crippen molar-refractivity contribution >= 4 is 17.5 Å². The average Bonchev–Trinajstić information content (AvgIpc) is 2.62. The number of piperidine rings is 1. The zero-order valence-corrected chi connectivity index (χ0v) is 16.0. The fourth-order valence-corrected chi connectivity index (χ4v) is 6.73. The van der Waals surface area contributed by atoms with Crippen LogP contribution in [0.2, 0.25) is 5.02 Å². The van der Waals surface area contributed by atoms with Gasteiger partial charge in [0, 0.05) is 25.0 Å². The van der Waals surface area contributed by atoms with Gasteiger partial charge in [0.25, 0.3) is 0 Å². The largest absolute Gasteiger partial charge is 0.487 e. The molecule has 6 rings (SSSR count). The van der Waals surface area contributed by atoms with E-state index in [9.17, 15) is 4.79 Å². The second-order valence-electron chi connectivity index (χ2n) is 9.14. The van der Waals surface area contributed by atoms with Crippen molar-refractivity contribution in [2.75, 3.05) is 13.1 Å². The van der Waals surface area contributed by atoms with Gasteiger partial charge in [-0.3, -0.25) is 9.78 Å². The van der Waals surface area contributed by atoms with E-state index in [2.05, 4.69) is 9.88 Å². The molecule has 0 aromatic carbocycles. The molecule has 4 bridgehead atoms. The van der Waals surface area contributed by atoms with Crippen LogP contribution in [0.3, 0.4) is 0 Å². The zero-order chi connectivity index (χ0) is 17.7. The van der Waals surface area contributed by atoms with E-state index in [4.69, 9.17) is 16.3 Å². The van der Waals surface area contributed by atoms with Crippen molar-refractivity contribution in [1.82, 2.24) is 9.88 Å². The van der Waals surface area contributed by atoms with Gasteiger partial charge in [0.15, 0.2) is 0 Å². The summed E-state index contributed by atoms with van der Waals surface area (Å²) in [7, 11) is 0. The highest BCUT2D eigenvalue weighted by Gasteiger charge is 2.55. The molecule has 1 atom stereocenters. The molecular weight excluding hydrogens is 348 g/mol. The monoisotopic (exact) mass is 374 g/mol. The second-order valence-corrected chi connectivity index (χ2v) is 9.54. The van der Waals surface area contributed by atoms with Crippen molar-refractivity contribution in [2.45, 2.75) is 57.5 Å². The minimum absolute atomic E-state index is 0.0292. The van der Waals surface area contributed by atoms with Crippen LogP contribution in [-0.4, -0.2) is 35.0 Å². The van der Waals surface area contributed by atoms with Gasteiger partial charge < -0.3 is 9.64 Å².